The van der Waals surface area contributed by atoms with Crippen LogP contribution < -0.4 is 10.1 Å². The van der Waals surface area contributed by atoms with Gasteiger partial charge in [0.25, 0.3) is 0 Å². The summed E-state index contributed by atoms with van der Waals surface area (Å²) in [5.41, 5.74) is 0.986. The van der Waals surface area contributed by atoms with E-state index in [4.69, 9.17) is 4.74 Å². The van der Waals surface area contributed by atoms with E-state index in [1.807, 2.05) is 0 Å². The molecule has 0 spiro atoms. The third-order valence-electron chi connectivity index (χ3n) is 2.12. The lowest BCUT2D eigenvalue weighted by atomic mass is 10.1. The molecule has 0 bridgehead atoms. The highest BCUT2D eigenvalue weighted by atomic mass is 19.1. The Kier molecular flexibility index (Phi) is 4.56. The van der Waals surface area contributed by atoms with Gasteiger partial charge in [0.1, 0.15) is 11.6 Å². The van der Waals surface area contributed by atoms with Gasteiger partial charge in [0.2, 0.25) is 0 Å². The molecule has 0 saturated heterocycles. The molecule has 0 aliphatic heterocycles. The zero-order valence-electron chi connectivity index (χ0n) is 9.51. The van der Waals surface area contributed by atoms with Gasteiger partial charge in [-0.2, -0.15) is 0 Å². The quantitative estimate of drug-likeness (QED) is 0.808. The summed E-state index contributed by atoms with van der Waals surface area (Å²) in [6.07, 6.45) is 0. The zero-order valence-corrected chi connectivity index (χ0v) is 9.51. The number of halogens is 1. The Labute approximate surface area is 90.4 Å². The number of rotatable bonds is 5. The van der Waals surface area contributed by atoms with Gasteiger partial charge in [-0.25, -0.2) is 4.39 Å². The molecule has 1 aromatic rings. The van der Waals surface area contributed by atoms with Crippen molar-refractivity contribution in [2.75, 3.05) is 13.7 Å². The minimum absolute atomic E-state index is 0.264. The summed E-state index contributed by atoms with van der Waals surface area (Å²) in [5, 5.41) is 3.29. The molecule has 0 unspecified atom stereocenters. The predicted octanol–water partition coefficient (Wildman–Crippen LogP) is 2.58. The van der Waals surface area contributed by atoms with Crippen molar-refractivity contribution in [2.24, 2.45) is 5.92 Å². The minimum atomic E-state index is -0.264. The summed E-state index contributed by atoms with van der Waals surface area (Å²) in [6.45, 7) is 5.95. The summed E-state index contributed by atoms with van der Waals surface area (Å²) < 4.78 is 18.0. The Morgan fingerprint density at radius 1 is 1.40 bits per heavy atom. The first-order valence-electron chi connectivity index (χ1n) is 5.16. The molecule has 0 radical (unpaired) electrons. The fourth-order valence-electron chi connectivity index (χ4n) is 1.36. The van der Waals surface area contributed by atoms with E-state index in [0.29, 0.717) is 18.2 Å². The first kappa shape index (κ1) is 12.0. The summed E-state index contributed by atoms with van der Waals surface area (Å²) >= 11 is 0. The van der Waals surface area contributed by atoms with Gasteiger partial charge in [-0.1, -0.05) is 19.9 Å². The molecule has 0 atom stereocenters. The lowest BCUT2D eigenvalue weighted by Crippen LogP contribution is -2.19. The molecule has 0 aliphatic rings. The molecule has 2 nitrogen and oxygen atoms in total. The fourth-order valence-corrected chi connectivity index (χ4v) is 1.36. The SMILES string of the molecule is COc1cc(F)ccc1CNCC(C)C. The highest BCUT2D eigenvalue weighted by Gasteiger charge is 2.04. The highest BCUT2D eigenvalue weighted by molar-refractivity contribution is 5.33. The van der Waals surface area contributed by atoms with Crippen LogP contribution in [0.25, 0.3) is 0 Å². The highest BCUT2D eigenvalue weighted by Crippen LogP contribution is 2.19. The lowest BCUT2D eigenvalue weighted by Gasteiger charge is -2.11. The van der Waals surface area contributed by atoms with Crippen LogP contribution in [0.15, 0.2) is 18.2 Å². The van der Waals surface area contributed by atoms with Gasteiger partial charge in [0.05, 0.1) is 7.11 Å². The summed E-state index contributed by atoms with van der Waals surface area (Å²) in [4.78, 5) is 0. The van der Waals surface area contributed by atoms with E-state index < -0.39 is 0 Å². The monoisotopic (exact) mass is 211 g/mol. The average Bonchev–Trinajstić information content (AvgIpc) is 2.19. The minimum Gasteiger partial charge on any atom is -0.496 e. The number of benzene rings is 1. The molecular weight excluding hydrogens is 193 g/mol. The maximum Gasteiger partial charge on any atom is 0.126 e. The molecule has 15 heavy (non-hydrogen) atoms. The van der Waals surface area contributed by atoms with Gasteiger partial charge in [-0.3, -0.25) is 0 Å². The van der Waals surface area contributed by atoms with Crippen LogP contribution in [0, 0.1) is 11.7 Å². The molecular formula is C12H18FNO. The van der Waals surface area contributed by atoms with Crippen molar-refractivity contribution in [3.05, 3.63) is 29.6 Å². The number of hydrogen-bond donors (Lipinski definition) is 1. The van der Waals surface area contributed by atoms with Gasteiger partial charge >= 0.3 is 0 Å². The normalized spacial score (nSPS) is 10.7. The standard InChI is InChI=1S/C12H18FNO/c1-9(2)7-14-8-10-4-5-11(13)6-12(10)15-3/h4-6,9,14H,7-8H2,1-3H3. The summed E-state index contributed by atoms with van der Waals surface area (Å²) in [7, 11) is 1.56. The Morgan fingerprint density at radius 2 is 2.13 bits per heavy atom. The Hall–Kier alpha value is -1.09. The Bertz CT molecular complexity index is 312. The second-order valence-corrected chi connectivity index (χ2v) is 3.98. The molecule has 1 N–H and O–H groups in total. The van der Waals surface area contributed by atoms with E-state index >= 15 is 0 Å². The molecule has 0 saturated carbocycles. The van der Waals surface area contributed by atoms with Crippen molar-refractivity contribution in [2.45, 2.75) is 20.4 Å². The van der Waals surface area contributed by atoms with E-state index in [1.165, 1.54) is 12.1 Å². The maximum atomic E-state index is 12.9. The van der Waals surface area contributed by atoms with Gasteiger partial charge in [0.15, 0.2) is 0 Å². The van der Waals surface area contributed by atoms with Gasteiger partial charge < -0.3 is 10.1 Å². The zero-order chi connectivity index (χ0) is 11.3. The molecule has 0 heterocycles. The third kappa shape index (κ3) is 3.88. The Morgan fingerprint density at radius 3 is 2.73 bits per heavy atom. The number of nitrogens with one attached hydrogen (secondary N) is 1. The van der Waals surface area contributed by atoms with Crippen LogP contribution in [0.5, 0.6) is 5.75 Å². The lowest BCUT2D eigenvalue weighted by molar-refractivity contribution is 0.403. The van der Waals surface area contributed by atoms with Crippen LogP contribution in [0.4, 0.5) is 4.39 Å². The topological polar surface area (TPSA) is 21.3 Å². The van der Waals surface area contributed by atoms with Crippen molar-refractivity contribution in [1.82, 2.24) is 5.32 Å². The van der Waals surface area contributed by atoms with Crippen molar-refractivity contribution >= 4 is 0 Å². The number of ether oxygens (including phenoxy) is 1. The smallest absolute Gasteiger partial charge is 0.126 e. The van der Waals surface area contributed by atoms with Gasteiger partial charge in [-0.15, -0.1) is 0 Å². The molecule has 0 aliphatic carbocycles. The molecule has 1 aromatic carbocycles. The van der Waals surface area contributed by atoms with Gasteiger partial charge in [0, 0.05) is 18.2 Å². The molecule has 84 valence electrons. The van der Waals surface area contributed by atoms with E-state index in [0.717, 1.165) is 12.1 Å². The molecule has 0 aromatic heterocycles. The van der Waals surface area contributed by atoms with Crippen molar-refractivity contribution in [3.63, 3.8) is 0 Å². The molecule has 1 rings (SSSR count). The first-order chi connectivity index (χ1) is 7.13. The van der Waals surface area contributed by atoms with Crippen molar-refractivity contribution < 1.29 is 9.13 Å². The third-order valence-corrected chi connectivity index (χ3v) is 2.12. The van der Waals surface area contributed by atoms with Crippen LogP contribution in [0.2, 0.25) is 0 Å². The van der Waals surface area contributed by atoms with Crippen LogP contribution >= 0.6 is 0 Å². The van der Waals surface area contributed by atoms with Crippen LogP contribution in [-0.2, 0) is 6.54 Å². The second-order valence-electron chi connectivity index (χ2n) is 3.98. The first-order valence-corrected chi connectivity index (χ1v) is 5.16. The van der Waals surface area contributed by atoms with E-state index in [2.05, 4.69) is 19.2 Å². The van der Waals surface area contributed by atoms with Crippen LogP contribution in [0.3, 0.4) is 0 Å². The summed E-state index contributed by atoms with van der Waals surface area (Å²) in [6, 6.07) is 4.61. The van der Waals surface area contributed by atoms with Crippen molar-refractivity contribution in [3.8, 4) is 5.75 Å². The van der Waals surface area contributed by atoms with Crippen molar-refractivity contribution in [1.29, 1.82) is 0 Å². The van der Waals surface area contributed by atoms with Crippen LogP contribution in [0.1, 0.15) is 19.4 Å². The summed E-state index contributed by atoms with van der Waals surface area (Å²) in [5.74, 6) is 0.946. The fraction of sp³-hybridized carbons (Fsp3) is 0.500. The maximum absolute atomic E-state index is 12.9. The number of methoxy groups -OCH3 is 1. The van der Waals surface area contributed by atoms with E-state index in [-0.39, 0.29) is 5.82 Å². The second kappa shape index (κ2) is 5.71. The largest absolute Gasteiger partial charge is 0.496 e. The van der Waals surface area contributed by atoms with Crippen LogP contribution in [-0.4, -0.2) is 13.7 Å². The molecule has 3 heteroatoms. The van der Waals surface area contributed by atoms with E-state index in [9.17, 15) is 4.39 Å². The number of hydrogen-bond acceptors (Lipinski definition) is 2. The van der Waals surface area contributed by atoms with E-state index in [1.54, 1.807) is 13.2 Å². The average molecular weight is 211 g/mol. The predicted molar refractivity (Wildman–Crippen MR) is 59.5 cm³/mol. The van der Waals surface area contributed by atoms with Gasteiger partial charge in [-0.05, 0) is 18.5 Å². The molecule has 0 fully saturated rings. The molecule has 0 amide bonds. The Balaban J connectivity index is 2.60.